The number of likely N-dealkylation sites (tertiary alicyclic amines) is 1. The molecule has 1 aliphatic rings. The minimum absolute atomic E-state index is 0.284. The quantitative estimate of drug-likeness (QED) is 0.762. The molecule has 4 heteroatoms. The van der Waals surface area contributed by atoms with Gasteiger partial charge in [0.05, 0.1) is 6.61 Å². The Hall–Kier alpha value is -0.610. The molecule has 0 aromatic heterocycles. The van der Waals surface area contributed by atoms with Crippen LogP contribution in [0, 0.1) is 5.92 Å². The number of carbonyl (C=O) groups is 1. The maximum absolute atomic E-state index is 11.7. The number of rotatable bonds is 5. The van der Waals surface area contributed by atoms with Crippen molar-refractivity contribution in [2.75, 3.05) is 26.2 Å². The van der Waals surface area contributed by atoms with E-state index in [0.717, 1.165) is 25.6 Å². The van der Waals surface area contributed by atoms with E-state index in [9.17, 15) is 4.79 Å². The standard InChI is InChI=1S/C14H28N2O2/c1-4-18-13(17)14(3,15)8-11-16-9-5-6-12(2)7-10-16/h12H,4-11,15H2,1-3H3. The molecular weight excluding hydrogens is 228 g/mol. The summed E-state index contributed by atoms with van der Waals surface area (Å²) >= 11 is 0. The predicted molar refractivity (Wildman–Crippen MR) is 73.3 cm³/mol. The lowest BCUT2D eigenvalue weighted by atomic mass is 9.99. The molecular formula is C14H28N2O2. The maximum atomic E-state index is 11.7. The number of nitrogens with zero attached hydrogens (tertiary/aromatic N) is 1. The second kappa shape index (κ2) is 7.10. The van der Waals surface area contributed by atoms with Crippen molar-refractivity contribution in [2.45, 2.75) is 52.0 Å². The average molecular weight is 256 g/mol. The van der Waals surface area contributed by atoms with E-state index in [-0.39, 0.29) is 5.97 Å². The molecule has 1 rings (SSSR count). The highest BCUT2D eigenvalue weighted by molar-refractivity contribution is 5.79. The molecule has 0 radical (unpaired) electrons. The molecule has 1 aliphatic heterocycles. The number of hydrogen-bond acceptors (Lipinski definition) is 4. The molecule has 4 nitrogen and oxygen atoms in total. The first-order valence-corrected chi connectivity index (χ1v) is 7.14. The van der Waals surface area contributed by atoms with Gasteiger partial charge in [0.15, 0.2) is 0 Å². The van der Waals surface area contributed by atoms with Crippen molar-refractivity contribution in [3.63, 3.8) is 0 Å². The number of ether oxygens (including phenoxy) is 1. The summed E-state index contributed by atoms with van der Waals surface area (Å²) in [5.74, 6) is 0.539. The van der Waals surface area contributed by atoms with Gasteiger partial charge < -0.3 is 15.4 Å². The molecule has 0 aromatic rings. The van der Waals surface area contributed by atoms with Gasteiger partial charge in [-0.3, -0.25) is 4.79 Å². The summed E-state index contributed by atoms with van der Waals surface area (Å²) in [5.41, 5.74) is 5.18. The van der Waals surface area contributed by atoms with E-state index in [1.54, 1.807) is 6.92 Å². The van der Waals surface area contributed by atoms with E-state index in [4.69, 9.17) is 10.5 Å². The topological polar surface area (TPSA) is 55.6 Å². The van der Waals surface area contributed by atoms with Crippen LogP contribution in [0.4, 0.5) is 0 Å². The van der Waals surface area contributed by atoms with Crippen LogP contribution in [0.15, 0.2) is 0 Å². The summed E-state index contributed by atoms with van der Waals surface area (Å²) in [6.45, 7) is 9.43. The Morgan fingerprint density at radius 1 is 1.44 bits per heavy atom. The van der Waals surface area contributed by atoms with Crippen LogP contribution in [0.5, 0.6) is 0 Å². The number of hydrogen-bond donors (Lipinski definition) is 1. The van der Waals surface area contributed by atoms with Gasteiger partial charge in [-0.2, -0.15) is 0 Å². The second-order valence-electron chi connectivity index (χ2n) is 5.77. The fraction of sp³-hybridized carbons (Fsp3) is 0.929. The van der Waals surface area contributed by atoms with Crippen LogP contribution >= 0.6 is 0 Å². The summed E-state index contributed by atoms with van der Waals surface area (Å²) in [4.78, 5) is 14.1. The van der Waals surface area contributed by atoms with Crippen molar-refractivity contribution in [3.05, 3.63) is 0 Å². The van der Waals surface area contributed by atoms with E-state index >= 15 is 0 Å². The molecule has 0 bridgehead atoms. The lowest BCUT2D eigenvalue weighted by molar-refractivity contribution is -0.149. The highest BCUT2D eigenvalue weighted by atomic mass is 16.5. The first-order chi connectivity index (χ1) is 8.45. The smallest absolute Gasteiger partial charge is 0.325 e. The summed E-state index contributed by atoms with van der Waals surface area (Å²) in [6, 6.07) is 0. The highest BCUT2D eigenvalue weighted by Gasteiger charge is 2.30. The zero-order valence-electron chi connectivity index (χ0n) is 12.1. The minimum atomic E-state index is -0.853. The van der Waals surface area contributed by atoms with Gasteiger partial charge in [-0.25, -0.2) is 0 Å². The van der Waals surface area contributed by atoms with E-state index in [1.807, 2.05) is 6.92 Å². The monoisotopic (exact) mass is 256 g/mol. The summed E-state index contributed by atoms with van der Waals surface area (Å²) in [6.07, 6.45) is 4.48. The largest absolute Gasteiger partial charge is 0.465 e. The van der Waals surface area contributed by atoms with Crippen LogP contribution in [0.2, 0.25) is 0 Å². The molecule has 0 amide bonds. The van der Waals surface area contributed by atoms with Gasteiger partial charge in [0.1, 0.15) is 5.54 Å². The van der Waals surface area contributed by atoms with E-state index < -0.39 is 5.54 Å². The molecule has 1 heterocycles. The zero-order valence-corrected chi connectivity index (χ0v) is 12.1. The Kier molecular flexibility index (Phi) is 6.09. The van der Waals surface area contributed by atoms with E-state index in [0.29, 0.717) is 13.0 Å². The molecule has 1 fully saturated rings. The third-order valence-electron chi connectivity index (χ3n) is 3.80. The number of esters is 1. The van der Waals surface area contributed by atoms with E-state index in [1.165, 1.54) is 19.3 Å². The zero-order chi connectivity index (χ0) is 13.6. The normalized spacial score (nSPS) is 25.2. The molecule has 0 aliphatic carbocycles. The van der Waals surface area contributed by atoms with Gasteiger partial charge in [0.2, 0.25) is 0 Å². The lowest BCUT2D eigenvalue weighted by Crippen LogP contribution is -2.48. The molecule has 0 spiro atoms. The van der Waals surface area contributed by atoms with Gasteiger partial charge in [-0.05, 0) is 58.5 Å². The van der Waals surface area contributed by atoms with Crippen LogP contribution in [0.1, 0.15) is 46.5 Å². The van der Waals surface area contributed by atoms with Crippen LogP contribution in [0.25, 0.3) is 0 Å². The first-order valence-electron chi connectivity index (χ1n) is 7.14. The van der Waals surface area contributed by atoms with Gasteiger partial charge in [0, 0.05) is 6.54 Å². The molecule has 18 heavy (non-hydrogen) atoms. The van der Waals surface area contributed by atoms with Crippen molar-refractivity contribution in [3.8, 4) is 0 Å². The highest BCUT2D eigenvalue weighted by Crippen LogP contribution is 2.18. The summed E-state index contributed by atoms with van der Waals surface area (Å²) in [5, 5.41) is 0. The van der Waals surface area contributed by atoms with E-state index in [2.05, 4.69) is 11.8 Å². The molecule has 2 unspecified atom stereocenters. The fourth-order valence-corrected chi connectivity index (χ4v) is 2.33. The molecule has 2 N–H and O–H groups in total. The minimum Gasteiger partial charge on any atom is -0.465 e. The fourth-order valence-electron chi connectivity index (χ4n) is 2.33. The van der Waals surface area contributed by atoms with Gasteiger partial charge in [0.25, 0.3) is 0 Å². The van der Waals surface area contributed by atoms with Crippen LogP contribution in [-0.4, -0.2) is 42.6 Å². The predicted octanol–water partition coefficient (Wildman–Crippen LogP) is 1.78. The third kappa shape index (κ3) is 4.94. The van der Waals surface area contributed by atoms with Crippen molar-refractivity contribution in [2.24, 2.45) is 11.7 Å². The second-order valence-corrected chi connectivity index (χ2v) is 5.77. The van der Waals surface area contributed by atoms with Crippen molar-refractivity contribution >= 4 is 5.97 Å². The first kappa shape index (κ1) is 15.4. The lowest BCUT2D eigenvalue weighted by Gasteiger charge is -2.27. The molecule has 1 saturated heterocycles. The Labute approximate surface area is 111 Å². The van der Waals surface area contributed by atoms with Crippen LogP contribution in [-0.2, 0) is 9.53 Å². The van der Waals surface area contributed by atoms with Crippen LogP contribution < -0.4 is 5.73 Å². The molecule has 2 atom stereocenters. The van der Waals surface area contributed by atoms with Gasteiger partial charge in [-0.1, -0.05) is 6.92 Å². The van der Waals surface area contributed by atoms with Crippen molar-refractivity contribution < 1.29 is 9.53 Å². The number of nitrogens with two attached hydrogens (primary N) is 1. The van der Waals surface area contributed by atoms with Gasteiger partial charge >= 0.3 is 5.97 Å². The Morgan fingerprint density at radius 3 is 2.83 bits per heavy atom. The maximum Gasteiger partial charge on any atom is 0.325 e. The van der Waals surface area contributed by atoms with Crippen molar-refractivity contribution in [1.29, 1.82) is 0 Å². The Bertz CT molecular complexity index is 267. The Balaban J connectivity index is 2.36. The number of carbonyl (C=O) groups excluding carboxylic acids is 1. The van der Waals surface area contributed by atoms with Gasteiger partial charge in [-0.15, -0.1) is 0 Å². The molecule has 106 valence electrons. The summed E-state index contributed by atoms with van der Waals surface area (Å²) in [7, 11) is 0. The average Bonchev–Trinajstić information content (AvgIpc) is 2.52. The Morgan fingerprint density at radius 2 is 2.17 bits per heavy atom. The third-order valence-corrected chi connectivity index (χ3v) is 3.80. The van der Waals surface area contributed by atoms with Crippen molar-refractivity contribution in [1.82, 2.24) is 4.90 Å². The molecule has 0 aromatic carbocycles. The molecule has 0 saturated carbocycles. The summed E-state index contributed by atoms with van der Waals surface area (Å²) < 4.78 is 5.01. The van der Waals surface area contributed by atoms with Crippen LogP contribution in [0.3, 0.4) is 0 Å². The SMILES string of the molecule is CCOC(=O)C(C)(N)CCN1CCCC(C)CC1.